The Morgan fingerprint density at radius 3 is 2.53 bits per heavy atom. The van der Waals surface area contributed by atoms with Crippen molar-refractivity contribution in [1.29, 1.82) is 0 Å². The molecule has 0 saturated carbocycles. The number of nitrogens with one attached hydrogen (secondary N) is 2. The van der Waals surface area contributed by atoms with Crippen LogP contribution in [-0.4, -0.2) is 44.9 Å². The van der Waals surface area contributed by atoms with Gasteiger partial charge in [-0.05, 0) is 19.3 Å². The highest BCUT2D eigenvalue weighted by Crippen LogP contribution is 2.09. The molecule has 1 heterocycles. The van der Waals surface area contributed by atoms with Crippen molar-refractivity contribution in [3.63, 3.8) is 0 Å². The minimum absolute atomic E-state index is 0.00156. The summed E-state index contributed by atoms with van der Waals surface area (Å²) in [5.41, 5.74) is 0. The first-order valence-electron chi connectivity index (χ1n) is 6.67. The number of aliphatic carboxylic acids is 1. The summed E-state index contributed by atoms with van der Waals surface area (Å²) in [5.74, 6) is 0.195. The number of carbonyl (C=O) groups is 2. The maximum atomic E-state index is 11.7. The highest BCUT2D eigenvalue weighted by Gasteiger charge is 2.23. The smallest absolute Gasteiger partial charge is 0.326 e. The average Bonchev–Trinajstić information content (AvgIpc) is 2.37. The number of carboxylic acids is 1. The molecule has 1 atom stereocenters. The van der Waals surface area contributed by atoms with Crippen molar-refractivity contribution in [2.24, 2.45) is 0 Å². The molecule has 0 aromatic rings. The summed E-state index contributed by atoms with van der Waals surface area (Å²) in [6, 6.07) is -1.28. The van der Waals surface area contributed by atoms with E-state index < -0.39 is 28.8 Å². The molecule has 6 nitrogen and oxygen atoms in total. The topological polar surface area (TPSA) is 95.5 Å². The number of urea groups is 1. The molecule has 1 aliphatic heterocycles. The first-order valence-corrected chi connectivity index (χ1v) is 8.16. The zero-order valence-corrected chi connectivity index (χ0v) is 12.0. The average molecular weight is 290 g/mol. The molecule has 1 aliphatic rings. The van der Waals surface area contributed by atoms with Gasteiger partial charge in [-0.2, -0.15) is 0 Å². The van der Waals surface area contributed by atoms with E-state index in [4.69, 9.17) is 5.11 Å². The number of carbonyl (C=O) groups excluding carboxylic acids is 1. The molecule has 1 saturated heterocycles. The van der Waals surface area contributed by atoms with Crippen LogP contribution in [0.15, 0.2) is 0 Å². The summed E-state index contributed by atoms with van der Waals surface area (Å²) >= 11 is 0. The van der Waals surface area contributed by atoms with Crippen molar-refractivity contribution < 1.29 is 18.9 Å². The predicted octanol–water partition coefficient (Wildman–Crippen LogP) is 0.840. The molecule has 0 bridgehead atoms. The van der Waals surface area contributed by atoms with E-state index in [2.05, 4.69) is 10.6 Å². The molecular weight excluding hydrogens is 268 g/mol. The Morgan fingerprint density at radius 1 is 1.37 bits per heavy atom. The van der Waals surface area contributed by atoms with Gasteiger partial charge in [0.1, 0.15) is 6.04 Å². The van der Waals surface area contributed by atoms with E-state index in [1.807, 2.05) is 6.92 Å². The minimum atomic E-state index is -1.01. The Hall–Kier alpha value is -1.11. The number of hydrogen-bond acceptors (Lipinski definition) is 3. The van der Waals surface area contributed by atoms with Crippen LogP contribution < -0.4 is 10.6 Å². The van der Waals surface area contributed by atoms with Gasteiger partial charge in [0.15, 0.2) is 0 Å². The molecule has 0 radical (unpaired) electrons. The second-order valence-electron chi connectivity index (χ2n) is 4.77. The molecule has 110 valence electrons. The number of unbranched alkanes of at least 4 members (excludes halogenated alkanes) is 1. The van der Waals surface area contributed by atoms with Crippen molar-refractivity contribution in [1.82, 2.24) is 10.6 Å². The Kier molecular flexibility index (Phi) is 6.83. The minimum Gasteiger partial charge on any atom is -0.480 e. The normalized spacial score (nSPS) is 24.5. The van der Waals surface area contributed by atoms with E-state index in [1.54, 1.807) is 0 Å². The van der Waals surface area contributed by atoms with Gasteiger partial charge in [0.2, 0.25) is 0 Å². The van der Waals surface area contributed by atoms with E-state index in [-0.39, 0.29) is 6.04 Å². The fourth-order valence-electron chi connectivity index (χ4n) is 1.99. The fraction of sp³-hybridized carbons (Fsp3) is 0.833. The van der Waals surface area contributed by atoms with Crippen LogP contribution in [0.4, 0.5) is 4.79 Å². The molecule has 0 aliphatic carbocycles. The molecular formula is C12H22N2O4S. The molecule has 1 fully saturated rings. The van der Waals surface area contributed by atoms with Gasteiger partial charge >= 0.3 is 12.0 Å². The number of amides is 2. The van der Waals surface area contributed by atoms with Gasteiger partial charge in [-0.1, -0.05) is 19.8 Å². The predicted molar refractivity (Wildman–Crippen MR) is 73.5 cm³/mol. The van der Waals surface area contributed by atoms with Crippen molar-refractivity contribution in [2.75, 3.05) is 11.5 Å². The van der Waals surface area contributed by atoms with Crippen LogP contribution in [-0.2, 0) is 15.6 Å². The lowest BCUT2D eigenvalue weighted by atomic mass is 10.1. The molecule has 1 rings (SSSR count). The quantitative estimate of drug-likeness (QED) is 0.675. The van der Waals surface area contributed by atoms with Gasteiger partial charge in [0.05, 0.1) is 0 Å². The highest BCUT2D eigenvalue weighted by atomic mass is 32.2. The van der Waals surface area contributed by atoms with Crippen LogP contribution in [0, 0.1) is 0 Å². The van der Waals surface area contributed by atoms with Crippen LogP contribution in [0.2, 0.25) is 0 Å². The molecule has 7 heteroatoms. The van der Waals surface area contributed by atoms with Crippen LogP contribution in [0.3, 0.4) is 0 Å². The molecule has 19 heavy (non-hydrogen) atoms. The van der Waals surface area contributed by atoms with Crippen LogP contribution in [0.25, 0.3) is 0 Å². The summed E-state index contributed by atoms with van der Waals surface area (Å²) in [7, 11) is -0.764. The maximum Gasteiger partial charge on any atom is 0.326 e. The second-order valence-corrected chi connectivity index (χ2v) is 6.47. The van der Waals surface area contributed by atoms with Crippen LogP contribution in [0.1, 0.15) is 39.0 Å². The van der Waals surface area contributed by atoms with Gasteiger partial charge in [-0.3, -0.25) is 4.21 Å². The largest absolute Gasteiger partial charge is 0.480 e. The lowest BCUT2D eigenvalue weighted by Crippen LogP contribution is -2.50. The molecule has 2 amide bonds. The molecule has 0 unspecified atom stereocenters. The van der Waals surface area contributed by atoms with Crippen LogP contribution >= 0.6 is 0 Å². The Morgan fingerprint density at radius 2 is 2.00 bits per heavy atom. The van der Waals surface area contributed by atoms with Gasteiger partial charge < -0.3 is 15.7 Å². The van der Waals surface area contributed by atoms with Crippen molar-refractivity contribution in [3.05, 3.63) is 0 Å². The van der Waals surface area contributed by atoms with Crippen molar-refractivity contribution in [3.8, 4) is 0 Å². The van der Waals surface area contributed by atoms with Crippen molar-refractivity contribution >= 4 is 22.8 Å². The third-order valence-corrected chi connectivity index (χ3v) is 4.56. The Bertz CT molecular complexity index is 339. The zero-order chi connectivity index (χ0) is 14.3. The van der Waals surface area contributed by atoms with Crippen molar-refractivity contribution in [2.45, 2.75) is 51.1 Å². The SMILES string of the molecule is CCCC[C@H](NC(=O)NC1CCS(=O)CC1)C(=O)O. The summed E-state index contributed by atoms with van der Waals surface area (Å²) < 4.78 is 11.2. The highest BCUT2D eigenvalue weighted by molar-refractivity contribution is 7.85. The zero-order valence-electron chi connectivity index (χ0n) is 11.2. The van der Waals surface area contributed by atoms with Crippen LogP contribution in [0.5, 0.6) is 0 Å². The lowest BCUT2D eigenvalue weighted by molar-refractivity contribution is -0.139. The van der Waals surface area contributed by atoms with Gasteiger partial charge in [-0.15, -0.1) is 0 Å². The number of carboxylic acid groups (broad SMARTS) is 1. The first kappa shape index (κ1) is 15.9. The third-order valence-electron chi connectivity index (χ3n) is 3.17. The second kappa shape index (κ2) is 8.14. The standard InChI is InChI=1S/C12H22N2O4S/c1-2-3-4-10(11(15)16)14-12(17)13-9-5-7-19(18)8-6-9/h9-10H,2-8H2,1H3,(H,15,16)(H2,13,14,17)/t9?,10-,19?/m0/s1. The summed E-state index contributed by atoms with van der Waals surface area (Å²) in [6.45, 7) is 1.97. The summed E-state index contributed by atoms with van der Waals surface area (Å²) in [4.78, 5) is 22.7. The third kappa shape index (κ3) is 6.04. The number of rotatable bonds is 6. The Labute approximate surface area is 115 Å². The van der Waals surface area contributed by atoms with E-state index in [0.717, 1.165) is 12.8 Å². The molecule has 0 aromatic carbocycles. The van der Waals surface area contributed by atoms with Gasteiger partial charge in [0.25, 0.3) is 0 Å². The monoisotopic (exact) mass is 290 g/mol. The lowest BCUT2D eigenvalue weighted by Gasteiger charge is -2.23. The number of hydrogen-bond donors (Lipinski definition) is 3. The summed E-state index contributed by atoms with van der Waals surface area (Å²) in [6.07, 6.45) is 3.47. The molecule has 0 aromatic heterocycles. The van der Waals surface area contributed by atoms with E-state index in [0.29, 0.717) is 30.8 Å². The van der Waals surface area contributed by atoms with E-state index in [1.165, 1.54) is 0 Å². The Balaban J connectivity index is 2.35. The van der Waals surface area contributed by atoms with E-state index in [9.17, 15) is 13.8 Å². The molecule has 3 N–H and O–H groups in total. The first-order chi connectivity index (χ1) is 9.02. The van der Waals surface area contributed by atoms with Gasteiger partial charge in [0, 0.05) is 28.3 Å². The van der Waals surface area contributed by atoms with Gasteiger partial charge in [-0.25, -0.2) is 9.59 Å². The molecule has 0 spiro atoms. The fourth-order valence-corrected chi connectivity index (χ4v) is 3.29. The summed E-state index contributed by atoms with van der Waals surface area (Å²) in [5, 5.41) is 14.2. The van der Waals surface area contributed by atoms with E-state index >= 15 is 0 Å². The maximum absolute atomic E-state index is 11.7.